The first kappa shape index (κ1) is 20.8. The second-order valence-corrected chi connectivity index (χ2v) is 8.02. The largest absolute Gasteiger partial charge is 0.434 e. The minimum atomic E-state index is -0.617. The molecule has 152 valence electrons. The van der Waals surface area contributed by atoms with E-state index in [-0.39, 0.29) is 45.1 Å². The molecular weight excluding hydrogens is 423 g/mol. The number of amides is 1. The fraction of sp³-hybridized carbons (Fsp3) is 0.278. The third-order valence-corrected chi connectivity index (χ3v) is 4.44. The molecule has 3 rings (SSSR count). The highest BCUT2D eigenvalue weighted by Crippen LogP contribution is 2.38. The number of nitrogens with one attached hydrogen (secondary N) is 2. The molecule has 0 aliphatic carbocycles. The molecular formula is C18H16Cl2N4O5. The van der Waals surface area contributed by atoms with Crippen molar-refractivity contribution in [1.82, 2.24) is 10.2 Å². The van der Waals surface area contributed by atoms with Crippen molar-refractivity contribution in [3.8, 4) is 11.6 Å². The second-order valence-electron chi connectivity index (χ2n) is 7.20. The lowest BCUT2D eigenvalue weighted by Gasteiger charge is -2.18. The second kappa shape index (κ2) is 7.84. The average molecular weight is 439 g/mol. The van der Waals surface area contributed by atoms with Gasteiger partial charge in [-0.1, -0.05) is 49.1 Å². The molecule has 2 N–H and O–H groups in total. The Morgan fingerprint density at radius 1 is 1.21 bits per heavy atom. The predicted molar refractivity (Wildman–Crippen MR) is 107 cm³/mol. The van der Waals surface area contributed by atoms with Crippen molar-refractivity contribution >= 4 is 46.5 Å². The number of nitrogens with zero attached hydrogens (tertiary/aromatic N) is 2. The molecule has 2 aromatic rings. The standard InChI is InChI=1S/C18H16Cl2N4O5/c1-18(2,3)9-6-13(22-23-16(9)26)28-15-10(19)4-8(5-11(15)20)21-17(27)12-7-14(25)29-24-12/h4-6H,7H2,1-3H3,(H,21,27)(H,23,26). The van der Waals surface area contributed by atoms with Gasteiger partial charge in [-0.25, -0.2) is 9.89 Å². The molecule has 1 amide bonds. The Labute approximate surface area is 175 Å². The number of hydrogen-bond donors (Lipinski definition) is 2. The van der Waals surface area contributed by atoms with Crippen molar-refractivity contribution in [1.29, 1.82) is 0 Å². The van der Waals surface area contributed by atoms with Gasteiger partial charge in [0.15, 0.2) is 11.5 Å². The van der Waals surface area contributed by atoms with Crippen molar-refractivity contribution in [2.75, 3.05) is 5.32 Å². The highest BCUT2D eigenvalue weighted by atomic mass is 35.5. The van der Waals surface area contributed by atoms with Crippen LogP contribution >= 0.6 is 23.2 Å². The van der Waals surface area contributed by atoms with Crippen molar-refractivity contribution < 1.29 is 19.2 Å². The van der Waals surface area contributed by atoms with E-state index in [0.717, 1.165) is 0 Å². The quantitative estimate of drug-likeness (QED) is 0.704. The van der Waals surface area contributed by atoms with Gasteiger partial charge in [-0.15, -0.1) is 5.10 Å². The number of hydrogen-bond acceptors (Lipinski definition) is 7. The van der Waals surface area contributed by atoms with E-state index in [1.54, 1.807) is 0 Å². The average Bonchev–Trinajstić information content (AvgIpc) is 3.05. The summed E-state index contributed by atoms with van der Waals surface area (Å²) in [6.45, 7) is 5.64. The van der Waals surface area contributed by atoms with E-state index in [9.17, 15) is 14.4 Å². The van der Waals surface area contributed by atoms with E-state index in [1.165, 1.54) is 18.2 Å². The minimum Gasteiger partial charge on any atom is -0.434 e. The van der Waals surface area contributed by atoms with Crippen LogP contribution in [0.4, 0.5) is 5.69 Å². The zero-order valence-corrected chi connectivity index (χ0v) is 17.1. The summed E-state index contributed by atoms with van der Waals surface area (Å²) in [7, 11) is 0. The molecule has 0 atom stereocenters. The van der Waals surface area contributed by atoms with E-state index < -0.39 is 17.3 Å². The maximum atomic E-state index is 12.1. The molecule has 0 fully saturated rings. The van der Waals surface area contributed by atoms with Crippen LogP contribution in [0, 0.1) is 0 Å². The molecule has 1 aromatic heterocycles. The number of anilines is 1. The number of carbonyl (C=O) groups is 2. The first-order valence-corrected chi connectivity index (χ1v) is 9.15. The monoisotopic (exact) mass is 438 g/mol. The Morgan fingerprint density at radius 2 is 1.86 bits per heavy atom. The molecule has 11 heteroatoms. The summed E-state index contributed by atoms with van der Waals surface area (Å²) in [6.07, 6.45) is -0.220. The van der Waals surface area contributed by atoms with Crippen molar-refractivity contribution in [3.05, 3.63) is 44.2 Å². The maximum Gasteiger partial charge on any atom is 0.341 e. The fourth-order valence-electron chi connectivity index (χ4n) is 2.46. The van der Waals surface area contributed by atoms with Gasteiger partial charge in [0.05, 0.1) is 16.5 Å². The Morgan fingerprint density at radius 3 is 2.41 bits per heavy atom. The van der Waals surface area contributed by atoms with E-state index in [1.807, 2.05) is 20.8 Å². The Kier molecular flexibility index (Phi) is 5.63. The van der Waals surface area contributed by atoms with Crippen LogP contribution in [0.15, 0.2) is 28.1 Å². The van der Waals surface area contributed by atoms with Gasteiger partial charge in [-0.05, 0) is 17.5 Å². The number of H-pyrrole nitrogens is 1. The normalized spacial score (nSPS) is 13.7. The summed E-state index contributed by atoms with van der Waals surface area (Å²) in [6, 6.07) is 4.33. The Bertz CT molecular complexity index is 1070. The third-order valence-electron chi connectivity index (χ3n) is 3.88. The predicted octanol–water partition coefficient (Wildman–Crippen LogP) is 3.41. The summed E-state index contributed by atoms with van der Waals surface area (Å²) in [4.78, 5) is 39.5. The number of aromatic nitrogens is 2. The Hall–Kier alpha value is -2.91. The van der Waals surface area contributed by atoms with Crippen LogP contribution in [0.1, 0.15) is 32.8 Å². The molecule has 0 saturated heterocycles. The van der Waals surface area contributed by atoms with Gasteiger partial charge in [0.2, 0.25) is 5.88 Å². The number of aromatic amines is 1. The summed E-state index contributed by atoms with van der Waals surface area (Å²) < 4.78 is 5.66. The van der Waals surface area contributed by atoms with Gasteiger partial charge in [-0.3, -0.25) is 9.59 Å². The lowest BCUT2D eigenvalue weighted by molar-refractivity contribution is -0.140. The minimum absolute atomic E-state index is 0.0604. The number of carbonyl (C=O) groups excluding carboxylic acids is 2. The van der Waals surface area contributed by atoms with Crippen molar-refractivity contribution in [2.45, 2.75) is 32.6 Å². The van der Waals surface area contributed by atoms with E-state index >= 15 is 0 Å². The van der Waals surface area contributed by atoms with Gasteiger partial charge in [0.25, 0.3) is 11.5 Å². The van der Waals surface area contributed by atoms with Gasteiger partial charge >= 0.3 is 5.97 Å². The lowest BCUT2D eigenvalue weighted by atomic mass is 9.88. The van der Waals surface area contributed by atoms with E-state index in [0.29, 0.717) is 5.56 Å². The lowest BCUT2D eigenvalue weighted by Crippen LogP contribution is -2.25. The van der Waals surface area contributed by atoms with Crippen LogP contribution < -0.4 is 15.6 Å². The van der Waals surface area contributed by atoms with Crippen LogP contribution in [0.5, 0.6) is 11.6 Å². The van der Waals surface area contributed by atoms with Crippen molar-refractivity contribution in [3.63, 3.8) is 0 Å². The van der Waals surface area contributed by atoms with Gasteiger partial charge < -0.3 is 14.9 Å². The van der Waals surface area contributed by atoms with Gasteiger partial charge in [0, 0.05) is 17.3 Å². The number of benzene rings is 1. The first-order chi connectivity index (χ1) is 13.5. The number of halogens is 2. The number of ether oxygens (including phenoxy) is 1. The van der Waals surface area contributed by atoms with Crippen LogP contribution in [-0.4, -0.2) is 27.8 Å². The molecule has 1 aliphatic heterocycles. The highest BCUT2D eigenvalue weighted by molar-refractivity contribution is 6.46. The molecule has 0 spiro atoms. The molecule has 2 heterocycles. The number of rotatable bonds is 4. The van der Waals surface area contributed by atoms with E-state index in [4.69, 9.17) is 27.9 Å². The first-order valence-electron chi connectivity index (χ1n) is 8.40. The van der Waals surface area contributed by atoms with Crippen LogP contribution in [0.25, 0.3) is 0 Å². The highest BCUT2D eigenvalue weighted by Gasteiger charge is 2.25. The van der Waals surface area contributed by atoms with Crippen LogP contribution in [0.2, 0.25) is 10.0 Å². The fourth-order valence-corrected chi connectivity index (χ4v) is 3.03. The zero-order chi connectivity index (χ0) is 21.3. The molecule has 1 aliphatic rings. The van der Waals surface area contributed by atoms with Crippen LogP contribution in [-0.2, 0) is 19.8 Å². The van der Waals surface area contributed by atoms with Gasteiger partial charge in [0.1, 0.15) is 0 Å². The summed E-state index contributed by atoms with van der Waals surface area (Å²) >= 11 is 12.5. The SMILES string of the molecule is CC(C)(C)c1cc(Oc2c(Cl)cc(NC(=O)C3=NOC(=O)C3)cc2Cl)n[nH]c1=O. The van der Waals surface area contributed by atoms with E-state index in [2.05, 4.69) is 25.5 Å². The summed E-state index contributed by atoms with van der Waals surface area (Å²) in [5.41, 5.74) is -0.0613. The molecule has 0 unspecified atom stereocenters. The maximum absolute atomic E-state index is 12.1. The molecule has 9 nitrogen and oxygen atoms in total. The third kappa shape index (κ3) is 4.75. The molecule has 0 radical (unpaired) electrons. The number of oxime groups is 1. The van der Waals surface area contributed by atoms with Crippen molar-refractivity contribution in [2.24, 2.45) is 5.16 Å². The zero-order valence-electron chi connectivity index (χ0n) is 15.6. The summed E-state index contributed by atoms with van der Waals surface area (Å²) in [5.74, 6) is -1.03. The molecule has 29 heavy (non-hydrogen) atoms. The Balaban J connectivity index is 1.82. The van der Waals surface area contributed by atoms with Gasteiger partial charge in [-0.2, -0.15) is 0 Å². The molecule has 0 saturated carbocycles. The topological polar surface area (TPSA) is 123 Å². The molecule has 0 bridgehead atoms. The smallest absolute Gasteiger partial charge is 0.341 e. The molecule has 1 aromatic carbocycles. The van der Waals surface area contributed by atoms with Crippen LogP contribution in [0.3, 0.4) is 0 Å². The summed E-state index contributed by atoms with van der Waals surface area (Å²) in [5, 5.41) is 12.3.